The molecule has 0 radical (unpaired) electrons. The van der Waals surface area contributed by atoms with Gasteiger partial charge in [-0.15, -0.1) is 0 Å². The van der Waals surface area contributed by atoms with E-state index in [1.807, 2.05) is 31.2 Å². The van der Waals surface area contributed by atoms with Crippen molar-refractivity contribution < 1.29 is 14.6 Å². The summed E-state index contributed by atoms with van der Waals surface area (Å²) < 4.78 is 5.38. The highest BCUT2D eigenvalue weighted by atomic mass is 16.5. The molecular formula is C12H14O3. The van der Waals surface area contributed by atoms with E-state index in [0.29, 0.717) is 17.9 Å². The summed E-state index contributed by atoms with van der Waals surface area (Å²) in [6, 6.07) is 7.36. The summed E-state index contributed by atoms with van der Waals surface area (Å²) >= 11 is 0. The molecule has 0 aromatic heterocycles. The van der Waals surface area contributed by atoms with Gasteiger partial charge in [0.2, 0.25) is 0 Å². The van der Waals surface area contributed by atoms with E-state index >= 15 is 0 Å². The van der Waals surface area contributed by atoms with Gasteiger partial charge in [-0.2, -0.15) is 0 Å². The highest BCUT2D eigenvalue weighted by Gasteiger charge is 2.03. The van der Waals surface area contributed by atoms with Gasteiger partial charge < -0.3 is 9.84 Å². The van der Waals surface area contributed by atoms with Gasteiger partial charge in [0.05, 0.1) is 6.61 Å². The summed E-state index contributed by atoms with van der Waals surface area (Å²) in [5, 5.41) is 8.75. The molecule has 0 saturated heterocycles. The third-order valence-electron chi connectivity index (χ3n) is 1.93. The minimum Gasteiger partial charge on any atom is -0.493 e. The first-order valence-corrected chi connectivity index (χ1v) is 4.78. The summed E-state index contributed by atoms with van der Waals surface area (Å²) in [7, 11) is 0. The molecule has 1 rings (SSSR count). The molecule has 0 bridgehead atoms. The second kappa shape index (κ2) is 5.20. The lowest BCUT2D eigenvalue weighted by Crippen LogP contribution is -1.97. The Morgan fingerprint density at radius 2 is 2.13 bits per heavy atom. The molecule has 1 aromatic carbocycles. The smallest absolute Gasteiger partial charge is 0.331 e. The molecule has 0 aliphatic carbocycles. The van der Waals surface area contributed by atoms with E-state index in [-0.39, 0.29) is 0 Å². The Labute approximate surface area is 89.0 Å². The lowest BCUT2D eigenvalue weighted by molar-refractivity contribution is -0.132. The van der Waals surface area contributed by atoms with Crippen LogP contribution in [-0.2, 0) is 4.79 Å². The van der Waals surface area contributed by atoms with Gasteiger partial charge in [0.1, 0.15) is 5.75 Å². The summed E-state index contributed by atoms with van der Waals surface area (Å²) in [6.45, 7) is 4.02. The molecule has 1 aromatic rings. The molecule has 0 atom stereocenters. The molecular weight excluding hydrogens is 192 g/mol. The molecule has 1 N–H and O–H groups in total. The number of hydrogen-bond acceptors (Lipinski definition) is 2. The van der Waals surface area contributed by atoms with Crippen LogP contribution in [0.15, 0.2) is 29.8 Å². The molecule has 0 aliphatic rings. The number of hydrogen-bond donors (Lipinski definition) is 1. The Bertz CT molecular complexity index is 380. The summed E-state index contributed by atoms with van der Waals surface area (Å²) in [6.07, 6.45) is 1.60. The second-order valence-corrected chi connectivity index (χ2v) is 3.10. The molecule has 3 heteroatoms. The largest absolute Gasteiger partial charge is 0.493 e. The summed E-state index contributed by atoms with van der Waals surface area (Å²) in [5.74, 6) is -0.207. The molecule has 0 amide bonds. The average Bonchev–Trinajstić information content (AvgIpc) is 2.21. The SMILES string of the molecule is CCOc1ccccc1C=C(C)C(=O)O. The Morgan fingerprint density at radius 3 is 2.73 bits per heavy atom. The average molecular weight is 206 g/mol. The van der Waals surface area contributed by atoms with Crippen molar-refractivity contribution in [3.63, 3.8) is 0 Å². The zero-order valence-corrected chi connectivity index (χ0v) is 8.86. The van der Waals surface area contributed by atoms with Gasteiger partial charge in [-0.25, -0.2) is 4.79 Å². The fraction of sp³-hybridized carbons (Fsp3) is 0.250. The lowest BCUT2D eigenvalue weighted by atomic mass is 10.1. The second-order valence-electron chi connectivity index (χ2n) is 3.10. The third kappa shape index (κ3) is 3.13. The number of carboxylic acids is 1. The van der Waals surface area contributed by atoms with Gasteiger partial charge in [-0.1, -0.05) is 18.2 Å². The Hall–Kier alpha value is -1.77. The van der Waals surface area contributed by atoms with E-state index in [2.05, 4.69) is 0 Å². The lowest BCUT2D eigenvalue weighted by Gasteiger charge is -2.06. The minimum atomic E-state index is -0.915. The topological polar surface area (TPSA) is 46.5 Å². The standard InChI is InChI=1S/C12H14O3/c1-3-15-11-7-5-4-6-10(11)8-9(2)12(13)14/h4-8H,3H2,1-2H3,(H,13,14). The first kappa shape index (κ1) is 11.3. The predicted octanol–water partition coefficient (Wildman–Crippen LogP) is 2.57. The van der Waals surface area contributed by atoms with Crippen molar-refractivity contribution in [2.45, 2.75) is 13.8 Å². The van der Waals surface area contributed by atoms with Crippen molar-refractivity contribution in [1.29, 1.82) is 0 Å². The van der Waals surface area contributed by atoms with E-state index in [9.17, 15) is 4.79 Å². The quantitative estimate of drug-likeness (QED) is 0.770. The third-order valence-corrected chi connectivity index (χ3v) is 1.93. The van der Waals surface area contributed by atoms with Gasteiger partial charge in [0, 0.05) is 11.1 Å². The van der Waals surface area contributed by atoms with Crippen LogP contribution < -0.4 is 4.74 Å². The molecule has 0 spiro atoms. The number of ether oxygens (including phenoxy) is 1. The molecule has 0 saturated carbocycles. The highest BCUT2D eigenvalue weighted by molar-refractivity contribution is 5.91. The van der Waals surface area contributed by atoms with Crippen LogP contribution in [0.1, 0.15) is 19.4 Å². The van der Waals surface area contributed by atoms with Gasteiger partial charge in [-0.05, 0) is 26.0 Å². The van der Waals surface area contributed by atoms with Crippen molar-refractivity contribution in [3.8, 4) is 5.75 Å². The minimum absolute atomic E-state index is 0.294. The molecule has 0 aliphatic heterocycles. The predicted molar refractivity (Wildman–Crippen MR) is 58.9 cm³/mol. The van der Waals surface area contributed by atoms with Gasteiger partial charge in [0.15, 0.2) is 0 Å². The van der Waals surface area contributed by atoms with Crippen molar-refractivity contribution in [1.82, 2.24) is 0 Å². The fourth-order valence-electron chi connectivity index (χ4n) is 1.18. The number of carbonyl (C=O) groups is 1. The maximum Gasteiger partial charge on any atom is 0.331 e. The van der Waals surface area contributed by atoms with Crippen LogP contribution in [0.5, 0.6) is 5.75 Å². The Balaban J connectivity index is 3.03. The Kier molecular flexibility index (Phi) is 3.92. The Morgan fingerprint density at radius 1 is 1.47 bits per heavy atom. The monoisotopic (exact) mass is 206 g/mol. The van der Waals surface area contributed by atoms with Crippen molar-refractivity contribution in [2.75, 3.05) is 6.61 Å². The number of benzene rings is 1. The first-order chi connectivity index (χ1) is 7.15. The van der Waals surface area contributed by atoms with E-state index in [0.717, 1.165) is 5.56 Å². The normalized spacial score (nSPS) is 11.2. The van der Waals surface area contributed by atoms with E-state index in [1.165, 1.54) is 0 Å². The van der Waals surface area contributed by atoms with Gasteiger partial charge in [0.25, 0.3) is 0 Å². The summed E-state index contributed by atoms with van der Waals surface area (Å²) in [5.41, 5.74) is 1.08. The van der Waals surface area contributed by atoms with Crippen LogP contribution in [0, 0.1) is 0 Å². The van der Waals surface area contributed by atoms with Gasteiger partial charge in [-0.3, -0.25) is 0 Å². The summed E-state index contributed by atoms with van der Waals surface area (Å²) in [4.78, 5) is 10.7. The van der Waals surface area contributed by atoms with Crippen LogP contribution in [-0.4, -0.2) is 17.7 Å². The fourth-order valence-corrected chi connectivity index (χ4v) is 1.18. The van der Waals surface area contributed by atoms with E-state index in [1.54, 1.807) is 13.0 Å². The highest BCUT2D eigenvalue weighted by Crippen LogP contribution is 2.20. The molecule has 3 nitrogen and oxygen atoms in total. The van der Waals surface area contributed by atoms with Crippen LogP contribution in [0.3, 0.4) is 0 Å². The number of aliphatic carboxylic acids is 1. The van der Waals surface area contributed by atoms with Crippen LogP contribution in [0.2, 0.25) is 0 Å². The molecule has 0 fully saturated rings. The van der Waals surface area contributed by atoms with Crippen LogP contribution in [0.25, 0.3) is 6.08 Å². The number of para-hydroxylation sites is 1. The van der Waals surface area contributed by atoms with Crippen LogP contribution in [0.4, 0.5) is 0 Å². The van der Waals surface area contributed by atoms with Crippen LogP contribution >= 0.6 is 0 Å². The zero-order valence-electron chi connectivity index (χ0n) is 8.86. The first-order valence-electron chi connectivity index (χ1n) is 4.78. The van der Waals surface area contributed by atoms with Crippen molar-refractivity contribution >= 4 is 12.0 Å². The molecule has 0 heterocycles. The maximum absolute atomic E-state index is 10.7. The molecule has 0 unspecified atom stereocenters. The van der Waals surface area contributed by atoms with Crippen molar-refractivity contribution in [3.05, 3.63) is 35.4 Å². The van der Waals surface area contributed by atoms with Crippen molar-refractivity contribution in [2.24, 2.45) is 0 Å². The molecule has 15 heavy (non-hydrogen) atoms. The number of carboxylic acid groups (broad SMARTS) is 1. The zero-order chi connectivity index (χ0) is 11.3. The van der Waals surface area contributed by atoms with E-state index in [4.69, 9.17) is 9.84 Å². The van der Waals surface area contributed by atoms with Gasteiger partial charge >= 0.3 is 5.97 Å². The number of rotatable bonds is 4. The van der Waals surface area contributed by atoms with E-state index < -0.39 is 5.97 Å². The molecule has 80 valence electrons. The maximum atomic E-state index is 10.7.